The third-order valence-electron chi connectivity index (χ3n) is 2.51. The summed E-state index contributed by atoms with van der Waals surface area (Å²) in [6, 6.07) is 6.47. The van der Waals surface area contributed by atoms with Crippen molar-refractivity contribution in [3.63, 3.8) is 0 Å². The molecular formula is C12H10BrClFNS. The summed E-state index contributed by atoms with van der Waals surface area (Å²) in [5.74, 6) is -0.216. The molecule has 0 saturated carbocycles. The highest BCUT2D eigenvalue weighted by Gasteiger charge is 2.14. The van der Waals surface area contributed by atoms with E-state index in [-0.39, 0.29) is 11.9 Å². The molecule has 0 aliphatic carbocycles. The van der Waals surface area contributed by atoms with E-state index in [1.54, 1.807) is 19.1 Å². The highest BCUT2D eigenvalue weighted by Crippen LogP contribution is 2.36. The molecule has 1 heterocycles. The Morgan fingerprint density at radius 1 is 1.41 bits per heavy atom. The van der Waals surface area contributed by atoms with E-state index in [0.717, 1.165) is 14.2 Å². The van der Waals surface area contributed by atoms with Crippen LogP contribution < -0.4 is 5.73 Å². The first-order valence-electron chi connectivity index (χ1n) is 4.95. The molecule has 1 aromatic heterocycles. The lowest BCUT2D eigenvalue weighted by atomic mass is 10.0. The summed E-state index contributed by atoms with van der Waals surface area (Å²) in [4.78, 5) is 0.952. The standard InChI is InChI=1S/C12H10BrClFNS/c1-6-4-7(2-3-9(6)15)11(16)10-5-8(14)12(13)17-10/h2-5,11H,16H2,1H3. The van der Waals surface area contributed by atoms with Gasteiger partial charge in [0.15, 0.2) is 0 Å². The van der Waals surface area contributed by atoms with Crippen LogP contribution in [0.25, 0.3) is 0 Å². The molecule has 0 amide bonds. The van der Waals surface area contributed by atoms with Gasteiger partial charge in [-0.05, 0) is 46.1 Å². The van der Waals surface area contributed by atoms with Crippen molar-refractivity contribution in [2.24, 2.45) is 5.73 Å². The maximum Gasteiger partial charge on any atom is 0.126 e. The van der Waals surface area contributed by atoms with Gasteiger partial charge >= 0.3 is 0 Å². The number of halogens is 3. The lowest BCUT2D eigenvalue weighted by Crippen LogP contribution is -2.10. The molecule has 1 aromatic carbocycles. The van der Waals surface area contributed by atoms with Crippen molar-refractivity contribution in [2.75, 3.05) is 0 Å². The minimum atomic E-state index is -0.275. The Bertz CT molecular complexity index is 536. The van der Waals surface area contributed by atoms with E-state index >= 15 is 0 Å². The molecule has 1 nitrogen and oxygen atoms in total. The number of rotatable bonds is 2. The van der Waals surface area contributed by atoms with Crippen LogP contribution in [-0.2, 0) is 0 Å². The second kappa shape index (κ2) is 5.06. The lowest BCUT2D eigenvalue weighted by Gasteiger charge is -2.10. The Morgan fingerprint density at radius 2 is 2.12 bits per heavy atom. The van der Waals surface area contributed by atoms with Gasteiger partial charge in [-0.3, -0.25) is 0 Å². The fraction of sp³-hybridized carbons (Fsp3) is 0.167. The molecule has 0 radical (unpaired) electrons. The summed E-state index contributed by atoms with van der Waals surface area (Å²) < 4.78 is 14.0. The number of thiophene rings is 1. The van der Waals surface area contributed by atoms with Crippen molar-refractivity contribution >= 4 is 38.9 Å². The van der Waals surface area contributed by atoms with Crippen molar-refractivity contribution in [2.45, 2.75) is 13.0 Å². The Morgan fingerprint density at radius 3 is 2.65 bits per heavy atom. The van der Waals surface area contributed by atoms with Crippen molar-refractivity contribution in [3.05, 3.63) is 54.9 Å². The summed E-state index contributed by atoms with van der Waals surface area (Å²) in [7, 11) is 0. The zero-order chi connectivity index (χ0) is 12.6. The van der Waals surface area contributed by atoms with Gasteiger partial charge in [-0.2, -0.15) is 0 Å². The van der Waals surface area contributed by atoms with E-state index in [2.05, 4.69) is 15.9 Å². The average Bonchev–Trinajstić information content (AvgIpc) is 2.62. The Kier molecular flexibility index (Phi) is 3.88. The fourth-order valence-electron chi connectivity index (χ4n) is 1.54. The van der Waals surface area contributed by atoms with Gasteiger partial charge in [0, 0.05) is 4.88 Å². The smallest absolute Gasteiger partial charge is 0.126 e. The van der Waals surface area contributed by atoms with Gasteiger partial charge in [0.1, 0.15) is 5.82 Å². The molecule has 17 heavy (non-hydrogen) atoms. The first-order chi connectivity index (χ1) is 7.99. The van der Waals surface area contributed by atoms with Gasteiger partial charge in [0.25, 0.3) is 0 Å². The molecule has 2 N–H and O–H groups in total. The first-order valence-corrected chi connectivity index (χ1v) is 6.94. The van der Waals surface area contributed by atoms with Crippen LogP contribution >= 0.6 is 38.9 Å². The molecule has 5 heteroatoms. The van der Waals surface area contributed by atoms with Gasteiger partial charge in [-0.25, -0.2) is 4.39 Å². The van der Waals surface area contributed by atoms with Crippen LogP contribution in [0.3, 0.4) is 0 Å². The van der Waals surface area contributed by atoms with E-state index in [0.29, 0.717) is 10.6 Å². The minimum absolute atomic E-state index is 0.216. The van der Waals surface area contributed by atoms with Crippen molar-refractivity contribution in [1.82, 2.24) is 0 Å². The molecule has 1 atom stereocenters. The summed E-state index contributed by atoms with van der Waals surface area (Å²) in [6.45, 7) is 1.73. The van der Waals surface area contributed by atoms with Gasteiger partial charge < -0.3 is 5.73 Å². The van der Waals surface area contributed by atoms with E-state index in [1.807, 2.05) is 6.07 Å². The van der Waals surface area contributed by atoms with Crippen molar-refractivity contribution < 1.29 is 4.39 Å². The monoisotopic (exact) mass is 333 g/mol. The fourth-order valence-corrected chi connectivity index (χ4v) is 3.32. The van der Waals surface area contributed by atoms with Crippen LogP contribution in [0.4, 0.5) is 4.39 Å². The molecule has 90 valence electrons. The number of hydrogen-bond donors (Lipinski definition) is 1. The number of nitrogens with two attached hydrogens (primary N) is 1. The van der Waals surface area contributed by atoms with Gasteiger partial charge in [-0.15, -0.1) is 11.3 Å². The molecule has 1 unspecified atom stereocenters. The highest BCUT2D eigenvalue weighted by atomic mass is 79.9. The van der Waals surface area contributed by atoms with Gasteiger partial charge in [0.05, 0.1) is 14.9 Å². The third-order valence-corrected chi connectivity index (χ3v) is 5.07. The quantitative estimate of drug-likeness (QED) is 0.849. The topological polar surface area (TPSA) is 26.0 Å². The van der Waals surface area contributed by atoms with Crippen molar-refractivity contribution in [1.29, 1.82) is 0 Å². The van der Waals surface area contributed by atoms with Crippen LogP contribution in [0, 0.1) is 12.7 Å². The summed E-state index contributed by atoms with van der Waals surface area (Å²) >= 11 is 10.8. The van der Waals surface area contributed by atoms with E-state index in [4.69, 9.17) is 17.3 Å². The van der Waals surface area contributed by atoms with E-state index < -0.39 is 0 Å². The SMILES string of the molecule is Cc1cc(C(N)c2cc(Cl)c(Br)s2)ccc1F. The van der Waals surface area contributed by atoms with E-state index in [1.165, 1.54) is 17.4 Å². The largest absolute Gasteiger partial charge is 0.320 e. The maximum absolute atomic E-state index is 13.2. The Hall–Kier alpha value is -0.420. The Labute approximate surface area is 117 Å². The molecule has 2 aromatic rings. The summed E-state index contributed by atoms with van der Waals surface area (Å²) in [6.07, 6.45) is 0. The molecule has 0 spiro atoms. The molecular weight excluding hydrogens is 325 g/mol. The van der Waals surface area contributed by atoms with Crippen LogP contribution in [0.5, 0.6) is 0 Å². The maximum atomic E-state index is 13.2. The van der Waals surface area contributed by atoms with Gasteiger partial charge in [0.2, 0.25) is 0 Å². The van der Waals surface area contributed by atoms with E-state index in [9.17, 15) is 4.39 Å². The molecule has 2 rings (SSSR count). The molecule has 0 bridgehead atoms. The summed E-state index contributed by atoms with van der Waals surface area (Å²) in [5.41, 5.74) is 7.61. The zero-order valence-electron chi connectivity index (χ0n) is 9.01. The van der Waals surface area contributed by atoms with Crippen LogP contribution in [-0.4, -0.2) is 0 Å². The van der Waals surface area contributed by atoms with Crippen LogP contribution in [0.2, 0.25) is 5.02 Å². The van der Waals surface area contributed by atoms with Crippen LogP contribution in [0.15, 0.2) is 28.1 Å². The first kappa shape index (κ1) is 13.0. The zero-order valence-corrected chi connectivity index (χ0v) is 12.2. The number of benzene rings is 1. The van der Waals surface area contributed by atoms with Gasteiger partial charge in [-0.1, -0.05) is 23.7 Å². The average molecular weight is 335 g/mol. The Balaban J connectivity index is 2.36. The second-order valence-corrected chi connectivity index (χ2v) is 6.57. The second-order valence-electron chi connectivity index (χ2n) is 3.76. The highest BCUT2D eigenvalue weighted by molar-refractivity contribution is 9.11. The third kappa shape index (κ3) is 2.71. The number of aryl methyl sites for hydroxylation is 1. The number of hydrogen-bond acceptors (Lipinski definition) is 2. The normalized spacial score (nSPS) is 12.8. The minimum Gasteiger partial charge on any atom is -0.320 e. The lowest BCUT2D eigenvalue weighted by molar-refractivity contribution is 0.617. The van der Waals surface area contributed by atoms with Crippen molar-refractivity contribution in [3.8, 4) is 0 Å². The molecule has 0 fully saturated rings. The predicted octanol–water partition coefficient (Wildman–Crippen LogP) is 4.66. The summed E-state index contributed by atoms with van der Waals surface area (Å²) in [5, 5.41) is 0.652. The molecule has 0 saturated heterocycles. The van der Waals surface area contributed by atoms with Crippen LogP contribution in [0.1, 0.15) is 22.0 Å². The molecule has 0 aliphatic heterocycles. The predicted molar refractivity (Wildman–Crippen MR) is 74.2 cm³/mol. The molecule has 0 aliphatic rings.